The van der Waals surface area contributed by atoms with E-state index >= 15 is 0 Å². The Labute approximate surface area is 121 Å². The van der Waals surface area contributed by atoms with Crippen LogP contribution in [-0.4, -0.2) is 17.9 Å². The molecular weight excluding hydrogens is 274 g/mol. The standard InChI is InChI=1S/C16H12F2N2O/c1-20(10-12-4-2-11(9-19)3-5-12)16(21)14-7-6-13(17)8-15(14)18/h2-8H,10H2,1H3. The van der Waals surface area contributed by atoms with Crippen LogP contribution >= 0.6 is 0 Å². The normalized spacial score (nSPS) is 10.0. The SMILES string of the molecule is CN(Cc1ccc(C#N)cc1)C(=O)c1ccc(F)cc1F. The molecule has 0 aliphatic heterocycles. The fourth-order valence-electron chi connectivity index (χ4n) is 1.90. The Bertz CT molecular complexity index is 705. The van der Waals surface area contributed by atoms with E-state index in [0.29, 0.717) is 11.6 Å². The predicted octanol–water partition coefficient (Wildman–Crippen LogP) is 3.11. The Morgan fingerprint density at radius 2 is 1.86 bits per heavy atom. The molecular formula is C16H12F2N2O. The van der Waals surface area contributed by atoms with Gasteiger partial charge >= 0.3 is 0 Å². The molecule has 0 saturated carbocycles. The highest BCUT2D eigenvalue weighted by Gasteiger charge is 2.16. The van der Waals surface area contributed by atoms with Crippen LogP contribution in [0.4, 0.5) is 8.78 Å². The molecule has 0 radical (unpaired) electrons. The first-order valence-corrected chi connectivity index (χ1v) is 6.21. The molecule has 0 heterocycles. The fraction of sp³-hybridized carbons (Fsp3) is 0.125. The molecule has 0 fully saturated rings. The number of carbonyl (C=O) groups is 1. The summed E-state index contributed by atoms with van der Waals surface area (Å²) in [7, 11) is 1.53. The maximum Gasteiger partial charge on any atom is 0.256 e. The lowest BCUT2D eigenvalue weighted by Gasteiger charge is -2.17. The topological polar surface area (TPSA) is 44.1 Å². The van der Waals surface area contributed by atoms with Gasteiger partial charge in [0.05, 0.1) is 17.2 Å². The van der Waals surface area contributed by atoms with Gasteiger partial charge in [0, 0.05) is 19.7 Å². The molecule has 0 saturated heterocycles. The highest BCUT2D eigenvalue weighted by Crippen LogP contribution is 2.14. The minimum atomic E-state index is -0.883. The molecule has 0 spiro atoms. The van der Waals surface area contributed by atoms with Crippen molar-refractivity contribution in [2.24, 2.45) is 0 Å². The van der Waals surface area contributed by atoms with Gasteiger partial charge in [-0.2, -0.15) is 5.26 Å². The second kappa shape index (κ2) is 6.14. The number of amides is 1. The summed E-state index contributed by atoms with van der Waals surface area (Å²) in [5, 5.41) is 8.71. The molecule has 0 N–H and O–H groups in total. The molecule has 0 bridgehead atoms. The van der Waals surface area contributed by atoms with E-state index in [1.165, 1.54) is 11.9 Å². The van der Waals surface area contributed by atoms with Gasteiger partial charge < -0.3 is 4.90 Å². The highest BCUT2D eigenvalue weighted by molar-refractivity contribution is 5.94. The smallest absolute Gasteiger partial charge is 0.256 e. The van der Waals surface area contributed by atoms with Crippen LogP contribution in [0, 0.1) is 23.0 Å². The molecule has 0 aliphatic rings. The van der Waals surface area contributed by atoms with Crippen molar-refractivity contribution in [3.8, 4) is 6.07 Å². The van der Waals surface area contributed by atoms with Gasteiger partial charge in [-0.3, -0.25) is 4.79 Å². The molecule has 1 amide bonds. The van der Waals surface area contributed by atoms with Gasteiger partial charge in [0.15, 0.2) is 0 Å². The molecule has 21 heavy (non-hydrogen) atoms. The summed E-state index contributed by atoms with van der Waals surface area (Å²) in [5.74, 6) is -2.14. The van der Waals surface area contributed by atoms with Crippen LogP contribution in [0.15, 0.2) is 42.5 Å². The molecule has 2 rings (SSSR count). The summed E-state index contributed by atoms with van der Waals surface area (Å²) in [6.07, 6.45) is 0. The van der Waals surface area contributed by atoms with Crippen molar-refractivity contribution in [2.45, 2.75) is 6.54 Å². The molecule has 5 heteroatoms. The number of hydrogen-bond acceptors (Lipinski definition) is 2. The number of carbonyl (C=O) groups excluding carboxylic acids is 1. The summed E-state index contributed by atoms with van der Waals surface area (Å²) in [5.41, 5.74) is 1.16. The molecule has 2 aromatic rings. The van der Waals surface area contributed by atoms with Gasteiger partial charge in [0.2, 0.25) is 0 Å². The molecule has 2 aromatic carbocycles. The molecule has 0 atom stereocenters. The molecule has 3 nitrogen and oxygen atoms in total. The first-order valence-electron chi connectivity index (χ1n) is 6.21. The van der Waals surface area contributed by atoms with Crippen LogP contribution in [0.1, 0.15) is 21.5 Å². The third kappa shape index (κ3) is 3.42. The van der Waals surface area contributed by atoms with E-state index in [9.17, 15) is 13.6 Å². The van der Waals surface area contributed by atoms with Crippen molar-refractivity contribution in [2.75, 3.05) is 7.05 Å². The number of benzene rings is 2. The van der Waals surface area contributed by atoms with Crippen LogP contribution in [0.3, 0.4) is 0 Å². The zero-order chi connectivity index (χ0) is 15.4. The molecule has 0 unspecified atom stereocenters. The van der Waals surface area contributed by atoms with Gasteiger partial charge in [0.1, 0.15) is 11.6 Å². The van der Waals surface area contributed by atoms with Crippen LogP contribution in [0.5, 0.6) is 0 Å². The van der Waals surface area contributed by atoms with Crippen molar-refractivity contribution >= 4 is 5.91 Å². The van der Waals surface area contributed by atoms with E-state index in [1.807, 2.05) is 6.07 Å². The lowest BCUT2D eigenvalue weighted by molar-refractivity contribution is 0.0780. The lowest BCUT2D eigenvalue weighted by atomic mass is 10.1. The van der Waals surface area contributed by atoms with E-state index in [-0.39, 0.29) is 12.1 Å². The summed E-state index contributed by atoms with van der Waals surface area (Å²) in [4.78, 5) is 13.4. The average Bonchev–Trinajstić information content (AvgIpc) is 2.47. The maximum atomic E-state index is 13.6. The summed E-state index contributed by atoms with van der Waals surface area (Å²) < 4.78 is 26.4. The average molecular weight is 286 g/mol. The fourth-order valence-corrected chi connectivity index (χ4v) is 1.90. The maximum absolute atomic E-state index is 13.6. The monoisotopic (exact) mass is 286 g/mol. The van der Waals surface area contributed by atoms with Gasteiger partial charge in [-0.1, -0.05) is 12.1 Å². The number of hydrogen-bond donors (Lipinski definition) is 0. The minimum Gasteiger partial charge on any atom is -0.337 e. The van der Waals surface area contributed by atoms with Crippen LogP contribution in [-0.2, 0) is 6.54 Å². The summed E-state index contributed by atoms with van der Waals surface area (Å²) in [6.45, 7) is 0.265. The van der Waals surface area contributed by atoms with Crippen molar-refractivity contribution in [3.63, 3.8) is 0 Å². The quantitative estimate of drug-likeness (QED) is 0.870. The van der Waals surface area contributed by atoms with E-state index in [2.05, 4.69) is 0 Å². The third-order valence-corrected chi connectivity index (χ3v) is 3.01. The summed E-state index contributed by atoms with van der Waals surface area (Å²) >= 11 is 0. The zero-order valence-electron chi connectivity index (χ0n) is 11.3. The van der Waals surface area contributed by atoms with Crippen LogP contribution < -0.4 is 0 Å². The van der Waals surface area contributed by atoms with Crippen molar-refractivity contribution in [1.82, 2.24) is 4.90 Å². The van der Waals surface area contributed by atoms with Gasteiger partial charge in [-0.25, -0.2) is 8.78 Å². The Balaban J connectivity index is 2.13. The second-order valence-electron chi connectivity index (χ2n) is 4.59. The Morgan fingerprint density at radius 1 is 1.19 bits per heavy atom. The van der Waals surface area contributed by atoms with Crippen molar-refractivity contribution in [1.29, 1.82) is 5.26 Å². The van der Waals surface area contributed by atoms with E-state index < -0.39 is 17.5 Å². The van der Waals surface area contributed by atoms with E-state index in [4.69, 9.17) is 5.26 Å². The Kier molecular flexibility index (Phi) is 4.29. The highest BCUT2D eigenvalue weighted by atomic mass is 19.1. The Hall–Kier alpha value is -2.74. The lowest BCUT2D eigenvalue weighted by Crippen LogP contribution is -2.27. The minimum absolute atomic E-state index is 0.174. The molecule has 0 aliphatic carbocycles. The van der Waals surface area contributed by atoms with Gasteiger partial charge in [-0.05, 0) is 29.8 Å². The largest absolute Gasteiger partial charge is 0.337 e. The number of rotatable bonds is 3. The first-order chi connectivity index (χ1) is 10.0. The second-order valence-corrected chi connectivity index (χ2v) is 4.59. The van der Waals surface area contributed by atoms with E-state index in [0.717, 1.165) is 17.7 Å². The van der Waals surface area contributed by atoms with Gasteiger partial charge in [0.25, 0.3) is 5.91 Å². The predicted molar refractivity (Wildman–Crippen MR) is 73.3 cm³/mol. The first kappa shape index (κ1) is 14.7. The molecule has 106 valence electrons. The third-order valence-electron chi connectivity index (χ3n) is 3.01. The summed E-state index contributed by atoms with van der Waals surface area (Å²) in [6, 6.07) is 11.6. The molecule has 0 aromatic heterocycles. The van der Waals surface area contributed by atoms with Crippen molar-refractivity contribution in [3.05, 3.63) is 70.8 Å². The number of nitriles is 1. The Morgan fingerprint density at radius 3 is 2.43 bits per heavy atom. The van der Waals surface area contributed by atoms with Gasteiger partial charge in [-0.15, -0.1) is 0 Å². The van der Waals surface area contributed by atoms with Crippen LogP contribution in [0.25, 0.3) is 0 Å². The van der Waals surface area contributed by atoms with Crippen LogP contribution in [0.2, 0.25) is 0 Å². The number of nitrogens with zero attached hydrogens (tertiary/aromatic N) is 2. The van der Waals surface area contributed by atoms with Crippen molar-refractivity contribution < 1.29 is 13.6 Å². The number of halogens is 2. The van der Waals surface area contributed by atoms with E-state index in [1.54, 1.807) is 24.3 Å². The zero-order valence-corrected chi connectivity index (χ0v) is 11.3.